The molecule has 2 nitrogen and oxygen atoms in total. The van der Waals surface area contributed by atoms with Crippen LogP contribution in [-0.4, -0.2) is 30.0 Å². The molecule has 0 aliphatic carbocycles. The van der Waals surface area contributed by atoms with E-state index in [1.165, 1.54) is 0 Å². The first-order chi connectivity index (χ1) is 7.26. The van der Waals surface area contributed by atoms with Gasteiger partial charge in [-0.3, -0.25) is 0 Å². The highest BCUT2D eigenvalue weighted by atomic mass is 19.4. The van der Waals surface area contributed by atoms with E-state index in [0.717, 1.165) is 0 Å². The van der Waals surface area contributed by atoms with Crippen LogP contribution in [0.4, 0.5) is 13.2 Å². The second kappa shape index (κ2) is 7.12. The topological polar surface area (TPSA) is 32.3 Å². The summed E-state index contributed by atoms with van der Waals surface area (Å²) in [7, 11) is 0. The highest BCUT2D eigenvalue weighted by molar-refractivity contribution is 4.73. The molecular weight excluding hydrogens is 219 g/mol. The van der Waals surface area contributed by atoms with Gasteiger partial charge in [0.1, 0.15) is 0 Å². The zero-order valence-corrected chi connectivity index (χ0v) is 10.1. The van der Waals surface area contributed by atoms with E-state index in [1.807, 2.05) is 20.8 Å². The van der Waals surface area contributed by atoms with Crippen LogP contribution in [0.1, 0.15) is 40.0 Å². The van der Waals surface area contributed by atoms with Gasteiger partial charge < -0.3 is 10.4 Å². The summed E-state index contributed by atoms with van der Waals surface area (Å²) in [4.78, 5) is 0. The van der Waals surface area contributed by atoms with E-state index in [-0.39, 0.29) is 31.0 Å². The van der Waals surface area contributed by atoms with Gasteiger partial charge in [-0.15, -0.1) is 0 Å². The quantitative estimate of drug-likeness (QED) is 0.718. The first kappa shape index (κ1) is 15.7. The number of nitrogens with one attached hydrogen (secondary N) is 1. The van der Waals surface area contributed by atoms with Crippen molar-refractivity contribution in [1.29, 1.82) is 0 Å². The number of hydrogen-bond acceptors (Lipinski definition) is 2. The van der Waals surface area contributed by atoms with Gasteiger partial charge in [-0.2, -0.15) is 13.2 Å². The average Bonchev–Trinajstić information content (AvgIpc) is 2.11. The Morgan fingerprint density at radius 2 is 1.75 bits per heavy atom. The average molecular weight is 241 g/mol. The zero-order chi connectivity index (χ0) is 12.8. The van der Waals surface area contributed by atoms with Crippen LogP contribution in [-0.2, 0) is 0 Å². The summed E-state index contributed by atoms with van der Waals surface area (Å²) in [5.41, 5.74) is 0. The first-order valence-electron chi connectivity index (χ1n) is 5.70. The van der Waals surface area contributed by atoms with Crippen molar-refractivity contribution in [3.8, 4) is 0 Å². The molecule has 0 spiro atoms. The van der Waals surface area contributed by atoms with Crippen molar-refractivity contribution in [2.75, 3.05) is 6.61 Å². The van der Waals surface area contributed by atoms with Gasteiger partial charge in [0.2, 0.25) is 0 Å². The van der Waals surface area contributed by atoms with E-state index < -0.39 is 12.6 Å². The maximum absolute atomic E-state index is 11.9. The lowest BCUT2D eigenvalue weighted by Crippen LogP contribution is -2.42. The summed E-state index contributed by atoms with van der Waals surface area (Å²) in [5.74, 6) is 0.273. The van der Waals surface area contributed by atoms with Crippen molar-refractivity contribution in [2.45, 2.75) is 58.3 Å². The van der Waals surface area contributed by atoms with Gasteiger partial charge in [0.05, 0.1) is 6.61 Å². The third-order valence-electron chi connectivity index (χ3n) is 2.60. The van der Waals surface area contributed by atoms with Crippen LogP contribution >= 0.6 is 0 Å². The van der Waals surface area contributed by atoms with E-state index in [0.29, 0.717) is 6.42 Å². The van der Waals surface area contributed by atoms with Gasteiger partial charge in [0.25, 0.3) is 0 Å². The Bertz CT molecular complexity index is 183. The smallest absolute Gasteiger partial charge is 0.389 e. The van der Waals surface area contributed by atoms with Crippen molar-refractivity contribution in [1.82, 2.24) is 5.32 Å². The third-order valence-corrected chi connectivity index (χ3v) is 2.60. The third kappa shape index (κ3) is 7.93. The molecular formula is C11H22F3NO. The molecule has 0 amide bonds. The molecule has 2 N–H and O–H groups in total. The predicted octanol–water partition coefficient (Wildman–Crippen LogP) is 2.71. The van der Waals surface area contributed by atoms with Gasteiger partial charge in [-0.1, -0.05) is 13.8 Å². The molecule has 0 radical (unpaired) electrons. The van der Waals surface area contributed by atoms with E-state index in [4.69, 9.17) is 5.11 Å². The first-order valence-corrected chi connectivity index (χ1v) is 5.70. The monoisotopic (exact) mass is 241 g/mol. The minimum absolute atomic E-state index is 0.00176. The molecule has 0 aromatic rings. The van der Waals surface area contributed by atoms with Crippen LogP contribution in [0.3, 0.4) is 0 Å². The van der Waals surface area contributed by atoms with Crippen molar-refractivity contribution >= 4 is 0 Å². The van der Waals surface area contributed by atoms with Crippen molar-refractivity contribution < 1.29 is 18.3 Å². The molecule has 0 saturated heterocycles. The minimum atomic E-state index is -4.06. The second-order valence-corrected chi connectivity index (χ2v) is 4.61. The van der Waals surface area contributed by atoms with Crippen LogP contribution in [0.2, 0.25) is 0 Å². The summed E-state index contributed by atoms with van der Waals surface area (Å²) < 4.78 is 35.7. The van der Waals surface area contributed by atoms with Gasteiger partial charge >= 0.3 is 6.18 Å². The Morgan fingerprint density at radius 3 is 2.12 bits per heavy atom. The Morgan fingerprint density at radius 1 is 1.19 bits per heavy atom. The van der Waals surface area contributed by atoms with E-state index in [1.54, 1.807) is 0 Å². The Hall–Kier alpha value is -0.290. The highest BCUT2D eigenvalue weighted by Gasteiger charge is 2.26. The molecule has 16 heavy (non-hydrogen) atoms. The Balaban J connectivity index is 3.77. The van der Waals surface area contributed by atoms with Gasteiger partial charge in [0.15, 0.2) is 0 Å². The van der Waals surface area contributed by atoms with Crippen LogP contribution in [0.25, 0.3) is 0 Å². The maximum atomic E-state index is 11.9. The molecule has 0 saturated carbocycles. The lowest BCUT2D eigenvalue weighted by molar-refractivity contribution is -0.135. The maximum Gasteiger partial charge on any atom is 0.389 e. The van der Waals surface area contributed by atoms with E-state index in [2.05, 4.69) is 5.32 Å². The number of alkyl halides is 3. The molecule has 0 heterocycles. The molecule has 0 rings (SSSR count). The largest absolute Gasteiger partial charge is 0.395 e. The van der Waals surface area contributed by atoms with Crippen molar-refractivity contribution in [3.63, 3.8) is 0 Å². The molecule has 2 atom stereocenters. The van der Waals surface area contributed by atoms with Gasteiger partial charge in [0, 0.05) is 18.5 Å². The van der Waals surface area contributed by atoms with Crippen LogP contribution in [0.15, 0.2) is 0 Å². The summed E-state index contributed by atoms with van der Waals surface area (Å²) in [6.07, 6.45) is -4.19. The number of aliphatic hydroxyl groups is 1. The summed E-state index contributed by atoms with van der Waals surface area (Å²) in [6, 6.07) is -0.0391. The normalized spacial score (nSPS) is 16.5. The molecule has 5 heteroatoms. The number of hydrogen-bond donors (Lipinski definition) is 2. The van der Waals surface area contributed by atoms with E-state index in [9.17, 15) is 13.2 Å². The molecule has 0 aliphatic heterocycles. The number of aliphatic hydroxyl groups excluding tert-OH is 1. The minimum Gasteiger partial charge on any atom is -0.395 e. The molecule has 0 bridgehead atoms. The molecule has 0 aliphatic rings. The molecule has 1 unspecified atom stereocenters. The number of halogens is 3. The van der Waals surface area contributed by atoms with Gasteiger partial charge in [-0.25, -0.2) is 0 Å². The fourth-order valence-corrected chi connectivity index (χ4v) is 1.51. The van der Waals surface area contributed by atoms with Crippen molar-refractivity contribution in [2.24, 2.45) is 5.92 Å². The number of rotatable bonds is 7. The zero-order valence-electron chi connectivity index (χ0n) is 10.1. The summed E-state index contributed by atoms with van der Waals surface area (Å²) in [6.45, 7) is 5.80. The van der Waals surface area contributed by atoms with Crippen LogP contribution < -0.4 is 5.32 Å². The predicted molar refractivity (Wildman–Crippen MR) is 58.2 cm³/mol. The Kier molecular flexibility index (Phi) is 6.99. The van der Waals surface area contributed by atoms with Crippen LogP contribution in [0, 0.1) is 5.92 Å². The second-order valence-electron chi connectivity index (χ2n) is 4.61. The van der Waals surface area contributed by atoms with Crippen LogP contribution in [0.5, 0.6) is 0 Å². The fraction of sp³-hybridized carbons (Fsp3) is 1.00. The lowest BCUT2D eigenvalue weighted by atomic mass is 10.0. The highest BCUT2D eigenvalue weighted by Crippen LogP contribution is 2.22. The molecule has 0 fully saturated rings. The molecule has 0 aromatic carbocycles. The van der Waals surface area contributed by atoms with E-state index >= 15 is 0 Å². The fourth-order valence-electron chi connectivity index (χ4n) is 1.51. The summed E-state index contributed by atoms with van der Waals surface area (Å²) >= 11 is 0. The van der Waals surface area contributed by atoms with Gasteiger partial charge in [-0.05, 0) is 25.7 Å². The molecule has 0 aromatic heterocycles. The lowest BCUT2D eigenvalue weighted by Gasteiger charge is -2.24. The summed E-state index contributed by atoms with van der Waals surface area (Å²) in [5, 5.41) is 12.2. The SMILES string of the molecule is CC(CCCC(F)(F)F)N[C@H](CO)C(C)C. The standard InChI is InChI=1S/C11H22F3NO/c1-8(2)10(7-16)15-9(3)5-4-6-11(12,13)14/h8-10,15-16H,4-7H2,1-3H3/t9?,10-/m1/s1. The molecule has 98 valence electrons. The van der Waals surface area contributed by atoms with Crippen molar-refractivity contribution in [3.05, 3.63) is 0 Å². The Labute approximate surface area is 95.2 Å².